The summed E-state index contributed by atoms with van der Waals surface area (Å²) in [4.78, 5) is 21.4. The van der Waals surface area contributed by atoms with Crippen LogP contribution in [0.2, 0.25) is 0 Å². The van der Waals surface area contributed by atoms with Gasteiger partial charge in [-0.15, -0.1) is 0 Å². The normalized spacial score (nSPS) is 18.0. The maximum absolute atomic E-state index is 11.2. The monoisotopic (exact) mass is 283 g/mol. The molecule has 18 heavy (non-hydrogen) atoms. The number of phosphoric acid groups is 1. The van der Waals surface area contributed by atoms with Gasteiger partial charge in [-0.3, -0.25) is 4.57 Å². The van der Waals surface area contributed by atoms with Gasteiger partial charge in [-0.25, -0.2) is 0 Å². The Morgan fingerprint density at radius 2 is 1.89 bits per heavy atom. The minimum absolute atomic E-state index is 0.110. The van der Waals surface area contributed by atoms with E-state index < -0.39 is 26.4 Å². The summed E-state index contributed by atoms with van der Waals surface area (Å²) in [5, 5.41) is 10.2. The van der Waals surface area contributed by atoms with Crippen molar-refractivity contribution in [2.45, 2.75) is 19.9 Å². The standard InChI is InChI=1S/C9H20NO7P/c1-3-15-4-7(2)5-16-18(13,14)17-6-8(10)9(11)12/h7-8H,3-6,10H2,1-2H3,(H,11,12)(H,13,14)/p-2. The van der Waals surface area contributed by atoms with Crippen LogP contribution >= 0.6 is 7.82 Å². The first-order valence-corrected chi connectivity index (χ1v) is 6.89. The molecule has 0 aliphatic heterocycles. The fraction of sp³-hybridized carbons (Fsp3) is 0.889. The van der Waals surface area contributed by atoms with Gasteiger partial charge in [-0.05, 0) is 6.92 Å². The van der Waals surface area contributed by atoms with Crippen LogP contribution in [0.1, 0.15) is 13.8 Å². The second kappa shape index (κ2) is 8.58. The lowest BCUT2D eigenvalue weighted by molar-refractivity contribution is -0.308. The van der Waals surface area contributed by atoms with Crippen molar-refractivity contribution in [3.63, 3.8) is 0 Å². The van der Waals surface area contributed by atoms with Crippen molar-refractivity contribution >= 4 is 13.8 Å². The number of carbonyl (C=O) groups excluding carboxylic acids is 1. The van der Waals surface area contributed by atoms with E-state index in [1.807, 2.05) is 6.92 Å². The molecule has 0 amide bonds. The SMILES string of the molecule is CCOCC(C)COP(=O)([O-])OCC(N)C(=O)[O-]. The lowest BCUT2D eigenvalue weighted by atomic mass is 10.2. The predicted molar refractivity (Wildman–Crippen MR) is 58.1 cm³/mol. The van der Waals surface area contributed by atoms with Gasteiger partial charge >= 0.3 is 0 Å². The van der Waals surface area contributed by atoms with Crippen LogP contribution < -0.4 is 15.7 Å². The minimum atomic E-state index is -4.55. The van der Waals surface area contributed by atoms with E-state index in [9.17, 15) is 19.4 Å². The molecule has 0 spiro atoms. The highest BCUT2D eigenvalue weighted by Gasteiger charge is 2.14. The van der Waals surface area contributed by atoms with Gasteiger partial charge in [0.25, 0.3) is 7.82 Å². The molecular weight excluding hydrogens is 265 g/mol. The highest BCUT2D eigenvalue weighted by Crippen LogP contribution is 2.38. The van der Waals surface area contributed by atoms with E-state index in [0.717, 1.165) is 0 Å². The van der Waals surface area contributed by atoms with Gasteiger partial charge in [0.05, 0.1) is 31.8 Å². The molecule has 0 aliphatic rings. The number of carbonyl (C=O) groups is 1. The van der Waals surface area contributed by atoms with E-state index >= 15 is 0 Å². The Balaban J connectivity index is 3.93. The zero-order valence-electron chi connectivity index (χ0n) is 10.4. The van der Waals surface area contributed by atoms with Crippen molar-refractivity contribution in [2.75, 3.05) is 26.4 Å². The third-order valence-electron chi connectivity index (χ3n) is 1.84. The van der Waals surface area contributed by atoms with Crippen LogP contribution in [0.4, 0.5) is 0 Å². The second-order valence-electron chi connectivity index (χ2n) is 3.73. The van der Waals surface area contributed by atoms with Crippen molar-refractivity contribution in [3.8, 4) is 0 Å². The Hall–Kier alpha value is -0.500. The quantitative estimate of drug-likeness (QED) is 0.466. The van der Waals surface area contributed by atoms with Crippen LogP contribution in [-0.4, -0.2) is 38.4 Å². The maximum atomic E-state index is 11.2. The molecule has 0 saturated carbocycles. The average Bonchev–Trinajstić information content (AvgIpc) is 2.30. The van der Waals surface area contributed by atoms with E-state index in [4.69, 9.17) is 10.5 Å². The number of rotatable bonds is 10. The van der Waals surface area contributed by atoms with Gasteiger partial charge in [0.15, 0.2) is 0 Å². The van der Waals surface area contributed by atoms with Crippen LogP contribution in [-0.2, 0) is 23.1 Å². The molecule has 0 radical (unpaired) electrons. The molecule has 108 valence electrons. The van der Waals surface area contributed by atoms with E-state index in [0.29, 0.717) is 13.2 Å². The Labute approximate surface area is 106 Å². The minimum Gasteiger partial charge on any atom is -0.756 e. The summed E-state index contributed by atoms with van der Waals surface area (Å²) in [7, 11) is -4.55. The first-order valence-electron chi connectivity index (χ1n) is 5.42. The third-order valence-corrected chi connectivity index (χ3v) is 2.77. The van der Waals surface area contributed by atoms with E-state index in [1.54, 1.807) is 6.92 Å². The van der Waals surface area contributed by atoms with Crippen molar-refractivity contribution < 1.29 is 33.1 Å². The van der Waals surface area contributed by atoms with E-state index in [1.165, 1.54) is 0 Å². The third kappa shape index (κ3) is 8.57. The zero-order chi connectivity index (χ0) is 14.2. The Morgan fingerprint density at radius 3 is 2.39 bits per heavy atom. The fourth-order valence-corrected chi connectivity index (χ4v) is 1.72. The number of ether oxygens (including phenoxy) is 1. The maximum Gasteiger partial charge on any atom is 0.267 e. The summed E-state index contributed by atoms with van der Waals surface area (Å²) >= 11 is 0. The Morgan fingerprint density at radius 1 is 1.33 bits per heavy atom. The van der Waals surface area contributed by atoms with E-state index in [-0.39, 0.29) is 12.5 Å². The molecule has 0 fully saturated rings. The van der Waals surface area contributed by atoms with Crippen molar-refractivity contribution in [1.82, 2.24) is 0 Å². The molecule has 0 aliphatic carbocycles. The highest BCUT2D eigenvalue weighted by atomic mass is 31.2. The van der Waals surface area contributed by atoms with Crippen molar-refractivity contribution in [1.29, 1.82) is 0 Å². The molecule has 0 aromatic heterocycles. The Bertz CT molecular complexity index is 299. The van der Waals surface area contributed by atoms with Gasteiger partial charge in [0.2, 0.25) is 0 Å². The van der Waals surface area contributed by atoms with Gasteiger partial charge in [0.1, 0.15) is 0 Å². The molecule has 2 N–H and O–H groups in total. The molecule has 3 unspecified atom stereocenters. The number of hydrogen-bond donors (Lipinski definition) is 1. The summed E-state index contributed by atoms with van der Waals surface area (Å²) in [5.74, 6) is -1.73. The summed E-state index contributed by atoms with van der Waals surface area (Å²) in [6, 6.07) is -1.52. The molecule has 0 aromatic carbocycles. The number of aliphatic carboxylic acids is 1. The number of nitrogens with two attached hydrogens (primary N) is 1. The summed E-state index contributed by atoms with van der Waals surface area (Å²) in [6.45, 7) is 3.61. The molecule has 0 aromatic rings. The fourth-order valence-electron chi connectivity index (χ4n) is 0.863. The number of carboxylic acids is 1. The molecule has 0 heterocycles. The molecule has 9 heteroatoms. The zero-order valence-corrected chi connectivity index (χ0v) is 11.3. The Kier molecular flexibility index (Phi) is 8.34. The van der Waals surface area contributed by atoms with Crippen LogP contribution in [0.5, 0.6) is 0 Å². The van der Waals surface area contributed by atoms with Gasteiger partial charge < -0.3 is 34.3 Å². The van der Waals surface area contributed by atoms with Crippen LogP contribution in [0.15, 0.2) is 0 Å². The molecule has 0 bridgehead atoms. The molecule has 3 atom stereocenters. The number of hydrogen-bond acceptors (Lipinski definition) is 8. The number of phosphoric ester groups is 1. The predicted octanol–water partition coefficient (Wildman–Crippen LogP) is -1.76. The topological polar surface area (TPSA) is 134 Å². The van der Waals surface area contributed by atoms with Crippen molar-refractivity contribution in [2.24, 2.45) is 11.7 Å². The molecule has 0 saturated heterocycles. The second-order valence-corrected chi connectivity index (χ2v) is 5.14. The van der Waals surface area contributed by atoms with Crippen LogP contribution in [0.3, 0.4) is 0 Å². The average molecular weight is 283 g/mol. The molecule has 8 nitrogen and oxygen atoms in total. The number of carboxylic acid groups (broad SMARTS) is 1. The largest absolute Gasteiger partial charge is 0.756 e. The van der Waals surface area contributed by atoms with Gasteiger partial charge in [0, 0.05) is 12.5 Å². The van der Waals surface area contributed by atoms with Crippen molar-refractivity contribution in [3.05, 3.63) is 0 Å². The van der Waals surface area contributed by atoms with Gasteiger partial charge in [-0.2, -0.15) is 0 Å². The van der Waals surface area contributed by atoms with Gasteiger partial charge in [-0.1, -0.05) is 6.92 Å². The molecule has 0 rings (SSSR count). The lowest BCUT2D eigenvalue weighted by Crippen LogP contribution is -2.44. The summed E-state index contributed by atoms with van der Waals surface area (Å²) in [6.07, 6.45) is 0. The summed E-state index contributed by atoms with van der Waals surface area (Å²) in [5.41, 5.74) is 5.02. The first kappa shape index (κ1) is 17.5. The highest BCUT2D eigenvalue weighted by molar-refractivity contribution is 7.45. The van der Waals surface area contributed by atoms with E-state index in [2.05, 4.69) is 9.05 Å². The first-order chi connectivity index (χ1) is 8.28. The molecular formula is C9H18NO7P-2. The summed E-state index contributed by atoms with van der Waals surface area (Å²) < 4.78 is 25.1. The lowest BCUT2D eigenvalue weighted by Gasteiger charge is -2.25. The van der Waals surface area contributed by atoms with Crippen LogP contribution in [0.25, 0.3) is 0 Å². The van der Waals surface area contributed by atoms with Crippen LogP contribution in [0, 0.1) is 5.92 Å². The smallest absolute Gasteiger partial charge is 0.267 e.